The van der Waals surface area contributed by atoms with Gasteiger partial charge in [-0.1, -0.05) is 24.0 Å². The van der Waals surface area contributed by atoms with E-state index < -0.39 is 12.3 Å². The summed E-state index contributed by atoms with van der Waals surface area (Å²) in [6.07, 6.45) is 7.80. The zero-order valence-corrected chi connectivity index (χ0v) is 19.5. The molecular formula is C26H30FN5O2. The average molecular weight is 464 g/mol. The molecule has 2 aromatic heterocycles. The van der Waals surface area contributed by atoms with Crippen LogP contribution in [0.5, 0.6) is 5.75 Å². The van der Waals surface area contributed by atoms with Gasteiger partial charge >= 0.3 is 0 Å². The number of alkyl halides is 1. The Morgan fingerprint density at radius 3 is 2.79 bits per heavy atom. The number of hydrogen-bond acceptors (Lipinski definition) is 6. The van der Waals surface area contributed by atoms with Gasteiger partial charge in [0.05, 0.1) is 12.2 Å². The molecule has 1 fully saturated rings. The van der Waals surface area contributed by atoms with Crippen molar-refractivity contribution in [2.75, 3.05) is 32.5 Å². The zero-order valence-electron chi connectivity index (χ0n) is 19.5. The first-order chi connectivity index (χ1) is 16.3. The van der Waals surface area contributed by atoms with Crippen LogP contribution in [-0.4, -0.2) is 57.2 Å². The van der Waals surface area contributed by atoms with Crippen molar-refractivity contribution in [2.45, 2.75) is 38.0 Å². The number of rotatable bonds is 6. The van der Waals surface area contributed by atoms with Gasteiger partial charge in [0.2, 0.25) is 0 Å². The standard InChI is InChI=1S/C26H30FN5O2/c1-26(33,18-27)9-6-19-4-3-5-20(12-19)17-34-24-13-21(14-29-25(24)28)22-15-30-32(16-22)23-7-10-31(2)11-8-23/h3-5,12-16,23,33H,7-8,10-11,17-18H2,1-2H3,(H2,28,29). The molecule has 0 aliphatic carbocycles. The van der Waals surface area contributed by atoms with Crippen molar-refractivity contribution in [3.63, 3.8) is 0 Å². The maximum absolute atomic E-state index is 12.8. The van der Waals surface area contributed by atoms with Crippen molar-refractivity contribution < 1.29 is 14.2 Å². The topological polar surface area (TPSA) is 89.4 Å². The molecule has 3 heterocycles. The van der Waals surface area contributed by atoms with E-state index in [1.807, 2.05) is 35.1 Å². The lowest BCUT2D eigenvalue weighted by Gasteiger charge is -2.28. The Bertz CT molecular complexity index is 1190. The number of nitrogens with zero attached hydrogens (tertiary/aromatic N) is 4. The number of nitrogen functional groups attached to an aromatic ring is 1. The molecule has 1 atom stereocenters. The SMILES string of the molecule is CN1CCC(n2cc(-c3cnc(N)c(OCc4cccc(C#CC(C)(O)CF)c4)c3)cn2)CC1. The minimum absolute atomic E-state index is 0.263. The van der Waals surface area contributed by atoms with Crippen molar-refractivity contribution in [3.05, 3.63) is 60.0 Å². The smallest absolute Gasteiger partial charge is 0.166 e. The number of hydrogen-bond donors (Lipinski definition) is 2. The maximum Gasteiger partial charge on any atom is 0.166 e. The summed E-state index contributed by atoms with van der Waals surface area (Å²) in [6, 6.07) is 9.65. The van der Waals surface area contributed by atoms with E-state index >= 15 is 0 Å². The number of piperidine rings is 1. The van der Waals surface area contributed by atoms with Crippen LogP contribution in [-0.2, 0) is 6.61 Å². The first-order valence-corrected chi connectivity index (χ1v) is 11.3. The largest absolute Gasteiger partial charge is 0.485 e. The maximum atomic E-state index is 12.8. The third kappa shape index (κ3) is 5.93. The van der Waals surface area contributed by atoms with Gasteiger partial charge in [-0.15, -0.1) is 0 Å². The van der Waals surface area contributed by atoms with E-state index in [0.29, 0.717) is 23.2 Å². The Morgan fingerprint density at radius 1 is 1.24 bits per heavy atom. The fourth-order valence-corrected chi connectivity index (χ4v) is 3.82. The number of benzene rings is 1. The summed E-state index contributed by atoms with van der Waals surface area (Å²) in [5.41, 5.74) is 7.78. The van der Waals surface area contributed by atoms with Crippen LogP contribution in [0.25, 0.3) is 11.1 Å². The predicted octanol–water partition coefficient (Wildman–Crippen LogP) is 3.45. The number of aliphatic hydroxyl groups is 1. The van der Waals surface area contributed by atoms with Gasteiger partial charge < -0.3 is 20.5 Å². The van der Waals surface area contributed by atoms with Crippen LogP contribution in [0.4, 0.5) is 10.2 Å². The molecule has 0 spiro atoms. The zero-order chi connectivity index (χ0) is 24.1. The van der Waals surface area contributed by atoms with Crippen molar-refractivity contribution in [1.82, 2.24) is 19.7 Å². The van der Waals surface area contributed by atoms with Gasteiger partial charge in [0, 0.05) is 29.1 Å². The van der Waals surface area contributed by atoms with E-state index in [1.165, 1.54) is 6.92 Å². The van der Waals surface area contributed by atoms with E-state index in [9.17, 15) is 9.50 Å². The van der Waals surface area contributed by atoms with Crippen LogP contribution in [0, 0.1) is 11.8 Å². The molecule has 1 aromatic carbocycles. The highest BCUT2D eigenvalue weighted by molar-refractivity contribution is 5.65. The molecular weight excluding hydrogens is 433 g/mol. The number of aromatic nitrogens is 3. The first-order valence-electron chi connectivity index (χ1n) is 11.3. The highest BCUT2D eigenvalue weighted by atomic mass is 19.1. The number of pyridine rings is 1. The molecule has 4 rings (SSSR count). The third-order valence-electron chi connectivity index (χ3n) is 5.94. The second-order valence-corrected chi connectivity index (χ2v) is 9.00. The Kier molecular flexibility index (Phi) is 7.15. The molecule has 1 aliphatic heterocycles. The van der Waals surface area contributed by atoms with Crippen molar-refractivity contribution in [3.8, 4) is 28.7 Å². The molecule has 0 amide bonds. The Hall–Kier alpha value is -3.41. The fraction of sp³-hybridized carbons (Fsp3) is 0.385. The summed E-state index contributed by atoms with van der Waals surface area (Å²) >= 11 is 0. The van der Waals surface area contributed by atoms with Gasteiger partial charge in [-0.25, -0.2) is 9.37 Å². The number of halogens is 1. The summed E-state index contributed by atoms with van der Waals surface area (Å²) in [5, 5.41) is 14.3. The van der Waals surface area contributed by atoms with E-state index in [1.54, 1.807) is 12.3 Å². The molecule has 0 radical (unpaired) electrons. The molecule has 3 aromatic rings. The highest BCUT2D eigenvalue weighted by Gasteiger charge is 2.19. The van der Waals surface area contributed by atoms with Crippen molar-refractivity contribution in [2.24, 2.45) is 0 Å². The van der Waals surface area contributed by atoms with Crippen molar-refractivity contribution >= 4 is 5.82 Å². The van der Waals surface area contributed by atoms with E-state index in [2.05, 4.69) is 40.1 Å². The average Bonchev–Trinajstić information content (AvgIpc) is 3.33. The summed E-state index contributed by atoms with van der Waals surface area (Å²) in [7, 11) is 2.15. The lowest BCUT2D eigenvalue weighted by molar-refractivity contribution is 0.0905. The molecule has 8 heteroatoms. The van der Waals surface area contributed by atoms with E-state index in [4.69, 9.17) is 10.5 Å². The summed E-state index contributed by atoms with van der Waals surface area (Å²) < 4.78 is 20.8. The molecule has 178 valence electrons. The Morgan fingerprint density at radius 2 is 2.03 bits per heavy atom. The van der Waals surface area contributed by atoms with Gasteiger partial charge in [0.15, 0.2) is 17.2 Å². The number of nitrogens with two attached hydrogens (primary N) is 1. The quantitative estimate of drug-likeness (QED) is 0.545. The third-order valence-corrected chi connectivity index (χ3v) is 5.94. The number of ether oxygens (including phenoxy) is 1. The Balaban J connectivity index is 1.45. The van der Waals surface area contributed by atoms with Crippen LogP contribution in [0.3, 0.4) is 0 Å². The minimum atomic E-state index is -1.66. The van der Waals surface area contributed by atoms with Gasteiger partial charge in [-0.05, 0) is 63.7 Å². The normalized spacial score (nSPS) is 16.5. The number of anilines is 1. The van der Waals surface area contributed by atoms with Crippen LogP contribution in [0.15, 0.2) is 48.9 Å². The van der Waals surface area contributed by atoms with Gasteiger partial charge in [0.25, 0.3) is 0 Å². The monoisotopic (exact) mass is 463 g/mol. The van der Waals surface area contributed by atoms with Crippen molar-refractivity contribution in [1.29, 1.82) is 0 Å². The minimum Gasteiger partial charge on any atom is -0.485 e. The molecule has 7 nitrogen and oxygen atoms in total. The van der Waals surface area contributed by atoms with Crippen LogP contribution >= 0.6 is 0 Å². The fourth-order valence-electron chi connectivity index (χ4n) is 3.82. The second-order valence-electron chi connectivity index (χ2n) is 9.00. The Labute approximate surface area is 199 Å². The molecule has 34 heavy (non-hydrogen) atoms. The van der Waals surface area contributed by atoms with E-state index in [-0.39, 0.29) is 6.61 Å². The molecule has 0 bridgehead atoms. The van der Waals surface area contributed by atoms with E-state index in [0.717, 1.165) is 42.6 Å². The number of likely N-dealkylation sites (tertiary alicyclic amines) is 1. The molecule has 1 unspecified atom stereocenters. The lowest BCUT2D eigenvalue weighted by Crippen LogP contribution is -2.31. The van der Waals surface area contributed by atoms with Gasteiger partial charge in [-0.3, -0.25) is 4.68 Å². The summed E-state index contributed by atoms with van der Waals surface area (Å²) in [4.78, 5) is 6.64. The van der Waals surface area contributed by atoms with Crippen LogP contribution in [0.2, 0.25) is 0 Å². The predicted molar refractivity (Wildman–Crippen MR) is 130 cm³/mol. The summed E-state index contributed by atoms with van der Waals surface area (Å²) in [6.45, 7) is 2.82. The highest BCUT2D eigenvalue weighted by Crippen LogP contribution is 2.29. The molecule has 3 N–H and O–H groups in total. The second kappa shape index (κ2) is 10.2. The lowest BCUT2D eigenvalue weighted by atomic mass is 10.1. The van der Waals surface area contributed by atoms with Crippen LogP contribution < -0.4 is 10.5 Å². The van der Waals surface area contributed by atoms with Gasteiger partial charge in [0.1, 0.15) is 13.3 Å². The van der Waals surface area contributed by atoms with Gasteiger partial charge in [-0.2, -0.15) is 5.10 Å². The molecule has 1 saturated heterocycles. The molecule has 0 saturated carbocycles. The molecule has 1 aliphatic rings. The van der Waals surface area contributed by atoms with Crippen LogP contribution in [0.1, 0.15) is 36.9 Å². The summed E-state index contributed by atoms with van der Waals surface area (Å²) in [5.74, 6) is 6.14. The first kappa shape index (κ1) is 23.7.